The van der Waals surface area contributed by atoms with Crippen LogP contribution in [0.5, 0.6) is 0 Å². The van der Waals surface area contributed by atoms with Gasteiger partial charge in [-0.1, -0.05) is 72.8 Å². The maximum Gasteiger partial charge on any atom is 0.249 e. The second-order valence-electron chi connectivity index (χ2n) is 8.19. The Morgan fingerprint density at radius 2 is 1.69 bits per heavy atom. The van der Waals surface area contributed by atoms with Crippen LogP contribution in [0.15, 0.2) is 78.9 Å². The average Bonchev–Trinajstić information content (AvgIpc) is 2.96. The van der Waals surface area contributed by atoms with Crippen LogP contribution in [0.4, 0.5) is 5.69 Å². The lowest BCUT2D eigenvalue weighted by molar-refractivity contribution is -0.128. The molecule has 32 heavy (non-hydrogen) atoms. The lowest BCUT2D eigenvalue weighted by Gasteiger charge is -2.28. The summed E-state index contributed by atoms with van der Waals surface area (Å²) in [4.78, 5) is 28.1. The van der Waals surface area contributed by atoms with Crippen molar-refractivity contribution in [3.8, 4) is 11.1 Å². The Morgan fingerprint density at radius 1 is 1.00 bits per heavy atom. The topological polar surface area (TPSA) is 61.4 Å². The molecule has 5 heteroatoms. The summed E-state index contributed by atoms with van der Waals surface area (Å²) >= 11 is 0. The Hall–Kier alpha value is -3.44. The van der Waals surface area contributed by atoms with E-state index in [0.29, 0.717) is 13.0 Å². The molecule has 2 amide bonds. The number of fused-ring (bicyclic) bond motifs is 1. The summed E-state index contributed by atoms with van der Waals surface area (Å²) in [5, 5.41) is 5.91. The molecule has 2 N–H and O–H groups in total. The summed E-state index contributed by atoms with van der Waals surface area (Å²) in [6.45, 7) is 2.23. The van der Waals surface area contributed by atoms with Gasteiger partial charge in [0.25, 0.3) is 0 Å². The molecule has 1 aliphatic rings. The zero-order chi connectivity index (χ0) is 22.5. The number of carbonyl (C=O) groups excluding carboxylic acids is 2. The van der Waals surface area contributed by atoms with Crippen LogP contribution in [-0.2, 0) is 22.6 Å². The summed E-state index contributed by atoms with van der Waals surface area (Å²) in [7, 11) is 1.74. The molecule has 3 aromatic carbocycles. The third kappa shape index (κ3) is 4.58. The fourth-order valence-electron chi connectivity index (χ4n) is 4.17. The monoisotopic (exact) mass is 427 g/mol. The highest BCUT2D eigenvalue weighted by Crippen LogP contribution is 2.31. The molecule has 0 saturated carbocycles. The van der Waals surface area contributed by atoms with Crippen LogP contribution in [0, 0.1) is 0 Å². The summed E-state index contributed by atoms with van der Waals surface area (Å²) in [6.07, 6.45) is 1.31. The maximum absolute atomic E-state index is 13.7. The van der Waals surface area contributed by atoms with Gasteiger partial charge < -0.3 is 15.5 Å². The Morgan fingerprint density at radius 3 is 2.47 bits per heavy atom. The lowest BCUT2D eigenvalue weighted by Crippen LogP contribution is -2.52. The van der Waals surface area contributed by atoms with Gasteiger partial charge in [-0.2, -0.15) is 0 Å². The van der Waals surface area contributed by atoms with Gasteiger partial charge in [0.1, 0.15) is 6.04 Å². The van der Waals surface area contributed by atoms with E-state index >= 15 is 0 Å². The maximum atomic E-state index is 13.7. The Kier molecular flexibility index (Phi) is 6.66. The third-order valence-corrected chi connectivity index (χ3v) is 6.12. The molecule has 2 atom stereocenters. The highest BCUT2D eigenvalue weighted by atomic mass is 16.2. The van der Waals surface area contributed by atoms with Gasteiger partial charge in [0, 0.05) is 5.69 Å². The number of benzene rings is 3. The fraction of sp³-hybridized carbons (Fsp3) is 0.259. The predicted molar refractivity (Wildman–Crippen MR) is 128 cm³/mol. The number of amides is 2. The molecule has 1 aliphatic heterocycles. The van der Waals surface area contributed by atoms with Crippen molar-refractivity contribution in [2.75, 3.05) is 11.9 Å². The van der Waals surface area contributed by atoms with Crippen LogP contribution in [0.2, 0.25) is 0 Å². The number of aryl methyl sites for hydroxylation is 1. The van der Waals surface area contributed by atoms with Crippen molar-refractivity contribution in [1.29, 1.82) is 0 Å². The van der Waals surface area contributed by atoms with Gasteiger partial charge in [0.05, 0.1) is 12.6 Å². The Bertz CT molecular complexity index is 1100. The zero-order valence-electron chi connectivity index (χ0n) is 18.5. The first kappa shape index (κ1) is 21.8. The number of nitrogens with zero attached hydrogens (tertiary/aromatic N) is 1. The molecule has 1 heterocycles. The van der Waals surface area contributed by atoms with Crippen LogP contribution in [0.25, 0.3) is 11.1 Å². The van der Waals surface area contributed by atoms with E-state index in [2.05, 4.69) is 41.0 Å². The zero-order valence-corrected chi connectivity index (χ0v) is 18.5. The van der Waals surface area contributed by atoms with Crippen molar-refractivity contribution >= 4 is 17.5 Å². The minimum Gasteiger partial charge on any atom is -0.343 e. The average molecular weight is 428 g/mol. The van der Waals surface area contributed by atoms with Gasteiger partial charge in [-0.25, -0.2) is 0 Å². The van der Waals surface area contributed by atoms with E-state index < -0.39 is 6.04 Å². The molecule has 5 nitrogen and oxygen atoms in total. The molecule has 0 radical (unpaired) electrons. The Labute approximate surface area is 189 Å². The smallest absolute Gasteiger partial charge is 0.249 e. The van der Waals surface area contributed by atoms with Crippen molar-refractivity contribution in [3.63, 3.8) is 0 Å². The first-order valence-electron chi connectivity index (χ1n) is 11.1. The summed E-state index contributed by atoms with van der Waals surface area (Å²) < 4.78 is 0. The summed E-state index contributed by atoms with van der Waals surface area (Å²) in [6, 6.07) is 25.5. The fourth-order valence-corrected chi connectivity index (χ4v) is 4.17. The van der Waals surface area contributed by atoms with Crippen molar-refractivity contribution < 1.29 is 9.59 Å². The summed E-state index contributed by atoms with van der Waals surface area (Å²) in [5.74, 6) is -0.240. The first-order valence-corrected chi connectivity index (χ1v) is 11.1. The quantitative estimate of drug-likeness (QED) is 0.627. The highest BCUT2D eigenvalue weighted by Gasteiger charge is 2.32. The number of anilines is 1. The lowest BCUT2D eigenvalue weighted by atomic mass is 9.99. The molecule has 0 fully saturated rings. The van der Waals surface area contributed by atoms with Gasteiger partial charge in [-0.15, -0.1) is 0 Å². The molecule has 0 spiro atoms. The SMILES string of the molecule is CN[C@@H](C)C(=O)N[C@H]1CCc2ccccc2N(Cc2ccccc2-c2ccccc2)C1=O. The van der Waals surface area contributed by atoms with Crippen LogP contribution >= 0.6 is 0 Å². The van der Waals surface area contributed by atoms with E-state index in [-0.39, 0.29) is 17.9 Å². The van der Waals surface area contributed by atoms with Crippen LogP contribution in [0.3, 0.4) is 0 Å². The second-order valence-corrected chi connectivity index (χ2v) is 8.19. The Balaban J connectivity index is 1.70. The van der Waals surface area contributed by atoms with Crippen LogP contribution in [0.1, 0.15) is 24.5 Å². The number of nitrogens with one attached hydrogen (secondary N) is 2. The van der Waals surface area contributed by atoms with Gasteiger partial charge in [-0.3, -0.25) is 9.59 Å². The van der Waals surface area contributed by atoms with Gasteiger partial charge in [-0.05, 0) is 55.1 Å². The minimum atomic E-state index is -0.561. The number of hydrogen-bond acceptors (Lipinski definition) is 3. The number of hydrogen-bond donors (Lipinski definition) is 2. The summed E-state index contributed by atoms with van der Waals surface area (Å²) in [5.41, 5.74) is 5.33. The first-order chi connectivity index (χ1) is 15.6. The number of rotatable bonds is 6. The van der Waals surface area contributed by atoms with E-state index in [1.807, 2.05) is 53.4 Å². The molecule has 0 saturated heterocycles. The molecule has 3 aromatic rings. The molecule has 164 valence electrons. The number of para-hydroxylation sites is 1. The number of carbonyl (C=O) groups is 2. The predicted octanol–water partition coefficient (Wildman–Crippen LogP) is 3.93. The highest BCUT2D eigenvalue weighted by molar-refractivity contribution is 6.01. The van der Waals surface area contributed by atoms with Gasteiger partial charge >= 0.3 is 0 Å². The van der Waals surface area contributed by atoms with Gasteiger partial charge in [0.15, 0.2) is 0 Å². The van der Waals surface area contributed by atoms with E-state index in [1.54, 1.807) is 14.0 Å². The molecule has 0 unspecified atom stereocenters. The van der Waals surface area contributed by atoms with Crippen LogP contribution in [-0.4, -0.2) is 30.9 Å². The standard InChI is InChI=1S/C27H29N3O2/c1-19(28-2)26(31)29-24-17-16-21-12-7-9-15-25(21)30(27(24)32)18-22-13-6-8-14-23(22)20-10-4-3-5-11-20/h3-15,19,24,28H,16-18H2,1-2H3,(H,29,31)/t19-,24-/m0/s1. The largest absolute Gasteiger partial charge is 0.343 e. The van der Waals surface area contributed by atoms with Gasteiger partial charge in [0.2, 0.25) is 11.8 Å². The van der Waals surface area contributed by atoms with E-state index in [4.69, 9.17) is 0 Å². The normalized spacial score (nSPS) is 16.8. The van der Waals surface area contributed by atoms with Crippen molar-refractivity contribution in [2.45, 2.75) is 38.4 Å². The van der Waals surface area contributed by atoms with E-state index in [0.717, 1.165) is 34.4 Å². The van der Waals surface area contributed by atoms with Crippen molar-refractivity contribution in [3.05, 3.63) is 90.0 Å². The van der Waals surface area contributed by atoms with Crippen molar-refractivity contribution in [2.24, 2.45) is 0 Å². The second kappa shape index (κ2) is 9.79. The molecule has 0 aliphatic carbocycles. The molecular formula is C27H29N3O2. The van der Waals surface area contributed by atoms with E-state index in [9.17, 15) is 9.59 Å². The molecule has 4 rings (SSSR count). The molecule has 0 bridgehead atoms. The number of likely N-dealkylation sites (N-methyl/N-ethyl adjacent to an activating group) is 1. The third-order valence-electron chi connectivity index (χ3n) is 6.12. The van der Waals surface area contributed by atoms with Crippen LogP contribution < -0.4 is 15.5 Å². The van der Waals surface area contributed by atoms with Crippen molar-refractivity contribution in [1.82, 2.24) is 10.6 Å². The minimum absolute atomic E-state index is 0.0746. The molecule has 0 aromatic heterocycles. The molecular weight excluding hydrogens is 398 g/mol. The van der Waals surface area contributed by atoms with E-state index in [1.165, 1.54) is 0 Å².